The van der Waals surface area contributed by atoms with E-state index in [9.17, 15) is 9.18 Å². The first-order valence-electron chi connectivity index (χ1n) is 8.04. The lowest BCUT2D eigenvalue weighted by Crippen LogP contribution is -2.19. The number of pyridine rings is 1. The monoisotopic (exact) mass is 346 g/mol. The zero-order valence-corrected chi connectivity index (χ0v) is 13.7. The van der Waals surface area contributed by atoms with Gasteiger partial charge in [0, 0.05) is 34.7 Å². The number of carbonyl (C=O) groups excluding carboxylic acids is 1. The molecule has 26 heavy (non-hydrogen) atoms. The van der Waals surface area contributed by atoms with Gasteiger partial charge in [-0.2, -0.15) is 0 Å². The normalized spacial score (nSPS) is 10.7. The Morgan fingerprint density at radius 1 is 0.923 bits per heavy atom. The van der Waals surface area contributed by atoms with Crippen LogP contribution in [0.1, 0.15) is 0 Å². The van der Waals surface area contributed by atoms with Gasteiger partial charge >= 0.3 is 6.03 Å². The maximum Gasteiger partial charge on any atom is 0.323 e. The summed E-state index contributed by atoms with van der Waals surface area (Å²) in [5, 5.41) is 6.50. The van der Waals surface area contributed by atoms with E-state index in [2.05, 4.69) is 20.6 Å². The van der Waals surface area contributed by atoms with E-state index in [1.807, 2.05) is 36.5 Å². The van der Waals surface area contributed by atoms with Gasteiger partial charge in [-0.05, 0) is 48.0 Å². The fraction of sp³-hybridized carbons (Fsp3) is 0. The lowest BCUT2D eigenvalue weighted by molar-refractivity contribution is 0.262. The van der Waals surface area contributed by atoms with Crippen LogP contribution in [0.25, 0.3) is 22.0 Å². The highest BCUT2D eigenvalue weighted by molar-refractivity contribution is 6.00. The van der Waals surface area contributed by atoms with Crippen molar-refractivity contribution in [2.24, 2.45) is 0 Å². The Balaban J connectivity index is 1.47. The third kappa shape index (κ3) is 3.25. The van der Waals surface area contributed by atoms with Gasteiger partial charge in [0.25, 0.3) is 0 Å². The SMILES string of the molecule is O=C(Nc1ccc(F)cc1)Nc1ccc(-c2c[nH]c3cnccc23)cc1. The predicted octanol–water partition coefficient (Wildman–Crippen LogP) is 5.01. The fourth-order valence-electron chi connectivity index (χ4n) is 2.77. The maximum absolute atomic E-state index is 12.9. The number of anilines is 2. The van der Waals surface area contributed by atoms with Crippen LogP contribution in [-0.4, -0.2) is 16.0 Å². The van der Waals surface area contributed by atoms with E-state index >= 15 is 0 Å². The Morgan fingerprint density at radius 3 is 2.27 bits per heavy atom. The van der Waals surface area contributed by atoms with Gasteiger partial charge in [-0.25, -0.2) is 9.18 Å². The van der Waals surface area contributed by atoms with Crippen molar-refractivity contribution in [1.82, 2.24) is 9.97 Å². The van der Waals surface area contributed by atoms with Crippen molar-refractivity contribution in [3.05, 3.63) is 79.0 Å². The number of rotatable bonds is 3. The smallest absolute Gasteiger partial charge is 0.323 e. The standard InChI is InChI=1S/C20H15FN4O/c21-14-3-7-16(8-4-14)25-20(26)24-15-5-1-13(2-6-15)18-11-23-19-12-22-10-9-17(18)19/h1-12,23H,(H2,24,25,26). The van der Waals surface area contributed by atoms with Crippen molar-refractivity contribution in [3.8, 4) is 11.1 Å². The average Bonchev–Trinajstić information content (AvgIpc) is 3.08. The van der Waals surface area contributed by atoms with Gasteiger partial charge in [-0.1, -0.05) is 12.1 Å². The Morgan fingerprint density at radius 2 is 1.58 bits per heavy atom. The highest BCUT2D eigenvalue weighted by atomic mass is 19.1. The van der Waals surface area contributed by atoms with Crippen molar-refractivity contribution in [2.45, 2.75) is 0 Å². The van der Waals surface area contributed by atoms with E-state index in [-0.39, 0.29) is 11.8 Å². The molecule has 0 spiro atoms. The van der Waals surface area contributed by atoms with Crippen LogP contribution >= 0.6 is 0 Å². The van der Waals surface area contributed by atoms with Gasteiger partial charge in [0.1, 0.15) is 5.82 Å². The molecule has 0 atom stereocenters. The fourth-order valence-corrected chi connectivity index (χ4v) is 2.77. The van der Waals surface area contributed by atoms with Crippen molar-refractivity contribution in [3.63, 3.8) is 0 Å². The Kier molecular flexibility index (Phi) is 4.07. The molecule has 2 amide bonds. The van der Waals surface area contributed by atoms with E-state index in [1.165, 1.54) is 24.3 Å². The number of carbonyl (C=O) groups is 1. The summed E-state index contributed by atoms with van der Waals surface area (Å²) in [6.07, 6.45) is 5.49. The molecule has 4 aromatic rings. The second kappa shape index (κ2) is 6.68. The van der Waals surface area contributed by atoms with Crippen LogP contribution in [0.4, 0.5) is 20.6 Å². The third-order valence-corrected chi connectivity index (χ3v) is 4.04. The first-order chi connectivity index (χ1) is 12.7. The molecule has 5 nitrogen and oxygen atoms in total. The van der Waals surface area contributed by atoms with Crippen LogP contribution in [0.5, 0.6) is 0 Å². The minimum Gasteiger partial charge on any atom is -0.359 e. The van der Waals surface area contributed by atoms with E-state index in [0.29, 0.717) is 11.4 Å². The van der Waals surface area contributed by atoms with Crippen LogP contribution < -0.4 is 10.6 Å². The molecule has 0 saturated heterocycles. The molecule has 4 rings (SSSR count). The summed E-state index contributed by atoms with van der Waals surface area (Å²) in [6.45, 7) is 0. The first-order valence-corrected chi connectivity index (χ1v) is 8.04. The molecule has 0 bridgehead atoms. The number of fused-ring (bicyclic) bond motifs is 1. The highest BCUT2D eigenvalue weighted by Gasteiger charge is 2.07. The Hall–Kier alpha value is -3.67. The van der Waals surface area contributed by atoms with Gasteiger partial charge in [0.05, 0.1) is 11.7 Å². The van der Waals surface area contributed by atoms with Crippen molar-refractivity contribution < 1.29 is 9.18 Å². The molecule has 2 heterocycles. The zero-order valence-electron chi connectivity index (χ0n) is 13.7. The molecule has 128 valence electrons. The number of H-pyrrole nitrogens is 1. The summed E-state index contributed by atoms with van der Waals surface area (Å²) in [4.78, 5) is 19.3. The summed E-state index contributed by atoms with van der Waals surface area (Å²) in [5.74, 6) is -0.348. The van der Waals surface area contributed by atoms with Gasteiger partial charge in [0.15, 0.2) is 0 Å². The summed E-state index contributed by atoms with van der Waals surface area (Å²) < 4.78 is 12.9. The molecule has 0 saturated carbocycles. The Labute approximate surface area is 148 Å². The van der Waals surface area contributed by atoms with Crippen molar-refractivity contribution in [1.29, 1.82) is 0 Å². The predicted molar refractivity (Wildman–Crippen MR) is 101 cm³/mol. The number of hydrogen-bond acceptors (Lipinski definition) is 2. The summed E-state index contributed by atoms with van der Waals surface area (Å²) in [7, 11) is 0. The summed E-state index contributed by atoms with van der Waals surface area (Å²) >= 11 is 0. The van der Waals surface area contributed by atoms with Gasteiger partial charge in [0.2, 0.25) is 0 Å². The zero-order chi connectivity index (χ0) is 17.9. The molecule has 2 aromatic carbocycles. The number of urea groups is 1. The van der Waals surface area contributed by atoms with Crippen LogP contribution in [0, 0.1) is 5.82 Å². The van der Waals surface area contributed by atoms with Crippen LogP contribution in [0.2, 0.25) is 0 Å². The van der Waals surface area contributed by atoms with Crippen LogP contribution in [0.15, 0.2) is 73.2 Å². The second-order valence-corrected chi connectivity index (χ2v) is 5.79. The summed E-state index contributed by atoms with van der Waals surface area (Å²) in [6, 6.07) is 14.7. The molecule has 0 fully saturated rings. The third-order valence-electron chi connectivity index (χ3n) is 4.04. The number of nitrogens with zero attached hydrogens (tertiary/aromatic N) is 1. The van der Waals surface area contributed by atoms with Crippen molar-refractivity contribution >= 4 is 28.3 Å². The first kappa shape index (κ1) is 15.8. The van der Waals surface area contributed by atoms with Gasteiger partial charge in [-0.15, -0.1) is 0 Å². The minimum atomic E-state index is -0.387. The quantitative estimate of drug-likeness (QED) is 0.488. The number of aromatic amines is 1. The molecule has 0 aliphatic heterocycles. The molecule has 0 aliphatic rings. The minimum absolute atomic E-state index is 0.348. The molecule has 3 N–H and O–H groups in total. The van der Waals surface area contributed by atoms with Crippen LogP contribution in [0.3, 0.4) is 0 Å². The van der Waals surface area contributed by atoms with E-state index in [4.69, 9.17) is 0 Å². The van der Waals surface area contributed by atoms with Crippen molar-refractivity contribution in [2.75, 3.05) is 10.6 Å². The lowest BCUT2D eigenvalue weighted by Gasteiger charge is -2.08. The molecule has 0 radical (unpaired) electrons. The maximum atomic E-state index is 12.9. The number of benzene rings is 2. The molecular formula is C20H15FN4O. The van der Waals surface area contributed by atoms with E-state index in [1.54, 1.807) is 12.4 Å². The Bertz CT molecular complexity index is 1060. The topological polar surface area (TPSA) is 69.8 Å². The van der Waals surface area contributed by atoms with Gasteiger partial charge < -0.3 is 15.6 Å². The number of nitrogens with one attached hydrogen (secondary N) is 3. The molecule has 2 aromatic heterocycles. The van der Waals surface area contributed by atoms with Gasteiger partial charge in [-0.3, -0.25) is 4.98 Å². The highest BCUT2D eigenvalue weighted by Crippen LogP contribution is 2.28. The van der Waals surface area contributed by atoms with E-state index < -0.39 is 0 Å². The molecular weight excluding hydrogens is 331 g/mol. The second-order valence-electron chi connectivity index (χ2n) is 5.79. The molecule has 0 unspecified atom stereocenters. The lowest BCUT2D eigenvalue weighted by atomic mass is 10.1. The average molecular weight is 346 g/mol. The number of halogens is 1. The van der Waals surface area contributed by atoms with E-state index in [0.717, 1.165) is 22.0 Å². The largest absolute Gasteiger partial charge is 0.359 e. The van der Waals surface area contributed by atoms with Crippen LogP contribution in [-0.2, 0) is 0 Å². The number of hydrogen-bond donors (Lipinski definition) is 3. The molecule has 0 aliphatic carbocycles. The molecule has 6 heteroatoms. The summed E-state index contributed by atoms with van der Waals surface area (Å²) in [5.41, 5.74) is 4.27. The number of aromatic nitrogens is 2. The number of amides is 2.